The van der Waals surface area contributed by atoms with E-state index in [2.05, 4.69) is 20.4 Å². The molecule has 6 nitrogen and oxygen atoms in total. The average Bonchev–Trinajstić information content (AvgIpc) is 3.16. The molecular formula is C20H24F3IN4O2. The molecule has 0 aliphatic carbocycles. The molecule has 0 aromatic heterocycles. The first-order valence-electron chi connectivity index (χ1n) is 9.19. The van der Waals surface area contributed by atoms with Gasteiger partial charge in [-0.1, -0.05) is 18.2 Å². The van der Waals surface area contributed by atoms with E-state index in [1.54, 1.807) is 31.3 Å². The normalized spacial score (nSPS) is 16.4. The van der Waals surface area contributed by atoms with Crippen molar-refractivity contribution < 1.29 is 23.0 Å². The molecule has 1 saturated heterocycles. The van der Waals surface area contributed by atoms with Crippen LogP contribution in [0.2, 0.25) is 0 Å². The van der Waals surface area contributed by atoms with E-state index in [4.69, 9.17) is 0 Å². The van der Waals surface area contributed by atoms with Gasteiger partial charge in [-0.05, 0) is 36.2 Å². The highest BCUT2D eigenvalue weighted by Crippen LogP contribution is 2.31. The van der Waals surface area contributed by atoms with E-state index in [0.717, 1.165) is 6.42 Å². The lowest BCUT2D eigenvalue weighted by Crippen LogP contribution is -2.44. The summed E-state index contributed by atoms with van der Waals surface area (Å²) in [5, 5.41) is 15.6. The summed E-state index contributed by atoms with van der Waals surface area (Å²) < 4.78 is 43.3. The van der Waals surface area contributed by atoms with Crippen LogP contribution in [-0.4, -0.2) is 43.9 Å². The SMILES string of the molecule is CN=C(NCc1ccc(O)c(F)c1)NC1CCN(c2ccccc2OC(F)F)C1.I. The molecule has 0 amide bonds. The molecule has 0 bridgehead atoms. The van der Waals surface area contributed by atoms with Gasteiger partial charge in [0.2, 0.25) is 0 Å². The highest BCUT2D eigenvalue weighted by Gasteiger charge is 2.26. The van der Waals surface area contributed by atoms with Crippen LogP contribution in [0, 0.1) is 5.82 Å². The number of guanidine groups is 1. The largest absolute Gasteiger partial charge is 0.505 e. The van der Waals surface area contributed by atoms with Gasteiger partial charge < -0.3 is 25.4 Å². The Morgan fingerprint density at radius 2 is 2.07 bits per heavy atom. The Bertz CT molecular complexity index is 870. The molecule has 30 heavy (non-hydrogen) atoms. The van der Waals surface area contributed by atoms with Gasteiger partial charge in [0.15, 0.2) is 17.5 Å². The lowest BCUT2D eigenvalue weighted by Gasteiger charge is -2.22. The predicted octanol–water partition coefficient (Wildman–Crippen LogP) is 3.69. The molecule has 2 aromatic rings. The van der Waals surface area contributed by atoms with E-state index in [1.807, 2.05) is 4.90 Å². The van der Waals surface area contributed by atoms with Gasteiger partial charge in [0, 0.05) is 32.7 Å². The summed E-state index contributed by atoms with van der Waals surface area (Å²) in [4.78, 5) is 6.15. The number of anilines is 1. The molecule has 1 aliphatic heterocycles. The quantitative estimate of drug-likeness (QED) is 0.299. The third kappa shape index (κ3) is 6.31. The number of phenols is 1. The maximum Gasteiger partial charge on any atom is 0.387 e. The standard InChI is InChI=1S/C20H23F3N4O2.HI/c1-24-20(25-11-13-6-7-17(28)15(21)10-13)26-14-8-9-27(12-14)16-4-2-3-5-18(16)29-19(22)23;/h2-7,10,14,19,28H,8-9,11-12H2,1H3,(H2,24,25,26);1H. The van der Waals surface area contributed by atoms with E-state index < -0.39 is 18.2 Å². The number of para-hydroxylation sites is 2. The summed E-state index contributed by atoms with van der Waals surface area (Å²) in [5.74, 6) is -0.371. The minimum absolute atomic E-state index is 0. The number of benzene rings is 2. The van der Waals surface area contributed by atoms with Crippen molar-refractivity contribution in [1.82, 2.24) is 10.6 Å². The Labute approximate surface area is 190 Å². The number of nitrogens with zero attached hydrogens (tertiary/aromatic N) is 2. The maximum atomic E-state index is 13.4. The molecule has 3 N–H and O–H groups in total. The van der Waals surface area contributed by atoms with Gasteiger partial charge in [0.25, 0.3) is 0 Å². The van der Waals surface area contributed by atoms with Crippen LogP contribution in [0.25, 0.3) is 0 Å². The summed E-state index contributed by atoms with van der Waals surface area (Å²) in [6.45, 7) is -1.27. The van der Waals surface area contributed by atoms with Gasteiger partial charge >= 0.3 is 6.61 Å². The molecule has 1 atom stereocenters. The fraction of sp³-hybridized carbons (Fsp3) is 0.350. The van der Waals surface area contributed by atoms with Crippen molar-refractivity contribution in [1.29, 1.82) is 0 Å². The summed E-state index contributed by atoms with van der Waals surface area (Å²) in [6, 6.07) is 11.0. The number of ether oxygens (including phenoxy) is 1. The summed E-state index contributed by atoms with van der Waals surface area (Å²) in [5.41, 5.74) is 1.29. The molecule has 10 heteroatoms. The first-order chi connectivity index (χ1) is 14.0. The Morgan fingerprint density at radius 1 is 1.30 bits per heavy atom. The van der Waals surface area contributed by atoms with Crippen LogP contribution in [0.4, 0.5) is 18.9 Å². The fourth-order valence-electron chi connectivity index (χ4n) is 3.25. The molecule has 2 aromatic carbocycles. The number of aliphatic imine (C=N–C) groups is 1. The zero-order valence-electron chi connectivity index (χ0n) is 16.3. The molecule has 0 saturated carbocycles. The monoisotopic (exact) mass is 536 g/mol. The number of phenolic OH excluding ortho intramolecular Hbond substituents is 1. The molecule has 0 spiro atoms. The highest BCUT2D eigenvalue weighted by atomic mass is 127. The Morgan fingerprint density at radius 3 is 2.77 bits per heavy atom. The number of hydrogen-bond donors (Lipinski definition) is 3. The second kappa shape index (κ2) is 11.1. The van der Waals surface area contributed by atoms with Crippen LogP contribution in [0.1, 0.15) is 12.0 Å². The summed E-state index contributed by atoms with van der Waals surface area (Å²) in [7, 11) is 1.63. The zero-order chi connectivity index (χ0) is 20.8. The lowest BCUT2D eigenvalue weighted by molar-refractivity contribution is -0.0495. The van der Waals surface area contributed by atoms with Crippen molar-refractivity contribution in [3.8, 4) is 11.5 Å². The number of rotatable bonds is 6. The van der Waals surface area contributed by atoms with Gasteiger partial charge in [0.1, 0.15) is 5.75 Å². The van der Waals surface area contributed by atoms with Crippen LogP contribution >= 0.6 is 24.0 Å². The Kier molecular flexibility index (Phi) is 8.88. The minimum Gasteiger partial charge on any atom is -0.505 e. The minimum atomic E-state index is -2.87. The number of alkyl halides is 2. The van der Waals surface area contributed by atoms with Gasteiger partial charge in [-0.25, -0.2) is 4.39 Å². The summed E-state index contributed by atoms with van der Waals surface area (Å²) in [6.07, 6.45) is 0.789. The molecule has 3 rings (SSSR count). The van der Waals surface area contributed by atoms with E-state index in [-0.39, 0.29) is 35.8 Å². The van der Waals surface area contributed by atoms with Crippen molar-refractivity contribution in [2.24, 2.45) is 4.99 Å². The van der Waals surface area contributed by atoms with Crippen LogP contribution in [0.3, 0.4) is 0 Å². The van der Waals surface area contributed by atoms with Gasteiger partial charge in [-0.3, -0.25) is 4.99 Å². The Balaban J connectivity index is 0.00000320. The van der Waals surface area contributed by atoms with Crippen LogP contribution in [0.15, 0.2) is 47.5 Å². The van der Waals surface area contributed by atoms with E-state index in [1.165, 1.54) is 18.2 Å². The van der Waals surface area contributed by atoms with Crippen LogP contribution < -0.4 is 20.3 Å². The number of halogens is 4. The van der Waals surface area contributed by atoms with Crippen LogP contribution in [0.5, 0.6) is 11.5 Å². The molecule has 0 radical (unpaired) electrons. The van der Waals surface area contributed by atoms with E-state index >= 15 is 0 Å². The lowest BCUT2D eigenvalue weighted by atomic mass is 10.2. The van der Waals surface area contributed by atoms with E-state index in [0.29, 0.717) is 36.8 Å². The first-order valence-corrected chi connectivity index (χ1v) is 9.19. The zero-order valence-corrected chi connectivity index (χ0v) is 18.6. The second-order valence-electron chi connectivity index (χ2n) is 6.63. The topological polar surface area (TPSA) is 69.1 Å². The van der Waals surface area contributed by atoms with Gasteiger partial charge in [0.05, 0.1) is 5.69 Å². The number of aromatic hydroxyl groups is 1. The maximum absolute atomic E-state index is 13.4. The van der Waals surface area contributed by atoms with Crippen molar-refractivity contribution in [3.63, 3.8) is 0 Å². The second-order valence-corrected chi connectivity index (χ2v) is 6.63. The van der Waals surface area contributed by atoms with Crippen LogP contribution in [-0.2, 0) is 6.54 Å². The third-order valence-corrected chi connectivity index (χ3v) is 4.65. The molecule has 1 fully saturated rings. The molecule has 1 unspecified atom stereocenters. The average molecular weight is 536 g/mol. The van der Waals surface area contributed by atoms with Crippen molar-refractivity contribution >= 4 is 35.6 Å². The van der Waals surface area contributed by atoms with Crippen molar-refractivity contribution in [2.45, 2.75) is 25.6 Å². The molecule has 1 heterocycles. The first kappa shape index (κ1) is 23.9. The van der Waals surface area contributed by atoms with Crippen molar-refractivity contribution in [2.75, 3.05) is 25.0 Å². The third-order valence-electron chi connectivity index (χ3n) is 4.65. The fourth-order valence-corrected chi connectivity index (χ4v) is 3.25. The molecule has 164 valence electrons. The van der Waals surface area contributed by atoms with E-state index in [9.17, 15) is 18.3 Å². The number of hydrogen-bond acceptors (Lipinski definition) is 4. The van der Waals surface area contributed by atoms with Crippen molar-refractivity contribution in [3.05, 3.63) is 53.8 Å². The predicted molar refractivity (Wildman–Crippen MR) is 121 cm³/mol. The molecular weight excluding hydrogens is 512 g/mol. The summed E-state index contributed by atoms with van der Waals surface area (Å²) >= 11 is 0. The Hall–Kier alpha value is -2.37. The highest BCUT2D eigenvalue weighted by molar-refractivity contribution is 14.0. The van der Waals surface area contributed by atoms with Gasteiger partial charge in [-0.2, -0.15) is 8.78 Å². The number of nitrogens with one attached hydrogen (secondary N) is 2. The molecule has 1 aliphatic rings. The smallest absolute Gasteiger partial charge is 0.387 e. The van der Waals surface area contributed by atoms with Gasteiger partial charge in [-0.15, -0.1) is 24.0 Å².